The van der Waals surface area contributed by atoms with Crippen molar-refractivity contribution < 1.29 is 22.8 Å². The van der Waals surface area contributed by atoms with E-state index in [-0.39, 0.29) is 11.3 Å². The zero-order valence-electron chi connectivity index (χ0n) is 13.9. The van der Waals surface area contributed by atoms with Crippen molar-refractivity contribution >= 4 is 23.3 Å². The lowest BCUT2D eigenvalue weighted by molar-refractivity contribution is -0.136. The summed E-state index contributed by atoms with van der Waals surface area (Å²) >= 11 is 0. The van der Waals surface area contributed by atoms with Crippen molar-refractivity contribution in [3.63, 3.8) is 0 Å². The molecule has 0 aliphatic heterocycles. The van der Waals surface area contributed by atoms with Crippen LogP contribution in [0.5, 0.6) is 0 Å². The molecule has 0 aliphatic carbocycles. The first-order valence-corrected chi connectivity index (χ1v) is 7.68. The number of rotatable bonds is 4. The molecule has 0 aliphatic rings. The number of urea groups is 1. The Morgan fingerprint density at radius 1 is 1.00 bits per heavy atom. The molecule has 1 aromatic heterocycles. The van der Waals surface area contributed by atoms with Crippen LogP contribution in [-0.2, 0) is 6.18 Å². The molecule has 0 saturated heterocycles. The molecule has 3 rings (SSSR count). The van der Waals surface area contributed by atoms with Gasteiger partial charge in [-0.25, -0.2) is 4.79 Å². The maximum Gasteiger partial charge on any atom is 0.419 e. The van der Waals surface area contributed by atoms with Gasteiger partial charge >= 0.3 is 12.2 Å². The highest BCUT2D eigenvalue weighted by Crippen LogP contribution is 2.44. The van der Waals surface area contributed by atoms with Gasteiger partial charge in [-0.3, -0.25) is 4.79 Å². The summed E-state index contributed by atoms with van der Waals surface area (Å²) in [4.78, 5) is 23.5. The van der Waals surface area contributed by atoms with Crippen LogP contribution in [0.3, 0.4) is 0 Å². The first kappa shape index (κ1) is 18.8. The van der Waals surface area contributed by atoms with Gasteiger partial charge in [-0.15, -0.1) is 10.2 Å². The van der Waals surface area contributed by atoms with Gasteiger partial charge in [0.05, 0.1) is 22.5 Å². The van der Waals surface area contributed by atoms with Gasteiger partial charge in [-0.1, -0.05) is 18.2 Å². The van der Waals surface area contributed by atoms with Crippen LogP contribution in [0.4, 0.5) is 29.3 Å². The summed E-state index contributed by atoms with van der Waals surface area (Å²) in [5.74, 6) is -1.19. The molecule has 3 aromatic rings. The van der Waals surface area contributed by atoms with Gasteiger partial charge in [-0.05, 0) is 29.5 Å². The second kappa shape index (κ2) is 7.34. The predicted molar refractivity (Wildman–Crippen MR) is 92.2 cm³/mol. The Morgan fingerprint density at radius 2 is 1.68 bits per heavy atom. The van der Waals surface area contributed by atoms with E-state index in [2.05, 4.69) is 31.3 Å². The molecule has 0 radical (unpaired) electrons. The molecule has 3 amide bonds. The van der Waals surface area contributed by atoms with Crippen molar-refractivity contribution in [1.82, 2.24) is 20.6 Å². The topological polar surface area (TPSA) is 139 Å². The van der Waals surface area contributed by atoms with E-state index in [9.17, 15) is 22.8 Å². The van der Waals surface area contributed by atoms with Crippen molar-refractivity contribution in [2.45, 2.75) is 6.18 Å². The van der Waals surface area contributed by atoms with Crippen molar-refractivity contribution in [3.05, 3.63) is 53.6 Å². The highest BCUT2D eigenvalue weighted by atomic mass is 19.4. The van der Waals surface area contributed by atoms with Crippen LogP contribution in [0.2, 0.25) is 0 Å². The number of carbonyl (C=O) groups is 2. The van der Waals surface area contributed by atoms with Crippen LogP contribution in [0.25, 0.3) is 11.4 Å². The van der Waals surface area contributed by atoms with Crippen LogP contribution in [-0.4, -0.2) is 32.6 Å². The molecule has 0 atom stereocenters. The number of carbonyl (C=O) groups excluding carboxylic acids is 2. The summed E-state index contributed by atoms with van der Waals surface area (Å²) in [5.41, 5.74) is 2.51. The van der Waals surface area contributed by atoms with Gasteiger partial charge in [0.15, 0.2) is 0 Å². The Balaban J connectivity index is 2.17. The number of nitrogens with one attached hydrogen (secondary N) is 3. The van der Waals surface area contributed by atoms with E-state index >= 15 is 0 Å². The summed E-state index contributed by atoms with van der Waals surface area (Å²) in [5, 5.41) is 16.7. The number of hydrogen-bond acceptors (Lipinski definition) is 5. The fraction of sp³-hybridized carbons (Fsp3) is 0.0625. The maximum absolute atomic E-state index is 13.9. The first-order valence-electron chi connectivity index (χ1n) is 7.68. The zero-order chi connectivity index (χ0) is 20.3. The predicted octanol–water partition coefficient (Wildman–Crippen LogP) is 2.63. The summed E-state index contributed by atoms with van der Waals surface area (Å²) in [7, 11) is 0. The van der Waals surface area contributed by atoms with Gasteiger partial charge in [-0.2, -0.15) is 18.4 Å². The molecule has 2 aromatic carbocycles. The van der Waals surface area contributed by atoms with Gasteiger partial charge < -0.3 is 16.4 Å². The number of benzene rings is 2. The lowest BCUT2D eigenvalue weighted by Crippen LogP contribution is -2.22. The number of aromatic amines is 1. The first-order chi connectivity index (χ1) is 13.3. The molecule has 0 spiro atoms. The second-order valence-electron chi connectivity index (χ2n) is 5.45. The largest absolute Gasteiger partial charge is 0.419 e. The highest BCUT2D eigenvalue weighted by molar-refractivity contribution is 6.06. The number of halogens is 3. The molecule has 28 heavy (non-hydrogen) atoms. The number of alkyl halides is 3. The van der Waals surface area contributed by atoms with E-state index in [4.69, 9.17) is 5.73 Å². The minimum atomic E-state index is -4.93. The van der Waals surface area contributed by atoms with Crippen LogP contribution < -0.4 is 16.4 Å². The maximum atomic E-state index is 13.9. The average molecular weight is 391 g/mol. The molecule has 0 saturated carbocycles. The summed E-state index contributed by atoms with van der Waals surface area (Å²) in [6.45, 7) is 0. The zero-order valence-corrected chi connectivity index (χ0v) is 13.9. The number of nitrogens with zero attached hydrogens (tertiary/aromatic N) is 3. The molecule has 0 bridgehead atoms. The van der Waals surface area contributed by atoms with Crippen molar-refractivity contribution in [3.8, 4) is 11.4 Å². The fourth-order valence-corrected chi connectivity index (χ4v) is 2.52. The monoisotopic (exact) mass is 391 g/mol. The number of primary amides is 1. The number of hydrogen-bond donors (Lipinski definition) is 4. The molecule has 12 heteroatoms. The van der Waals surface area contributed by atoms with Crippen molar-refractivity contribution in [2.24, 2.45) is 5.73 Å². The van der Waals surface area contributed by atoms with Crippen molar-refractivity contribution in [2.75, 3.05) is 10.6 Å². The third-order valence-corrected chi connectivity index (χ3v) is 3.60. The normalized spacial score (nSPS) is 11.1. The third kappa shape index (κ3) is 3.90. The van der Waals surface area contributed by atoms with Gasteiger partial charge in [0.25, 0.3) is 5.91 Å². The van der Waals surface area contributed by atoms with E-state index in [0.717, 1.165) is 12.1 Å². The minimum Gasteiger partial charge on any atom is -0.351 e. The van der Waals surface area contributed by atoms with Crippen LogP contribution in [0, 0.1) is 0 Å². The van der Waals surface area contributed by atoms with E-state index in [1.807, 2.05) is 0 Å². The second-order valence-corrected chi connectivity index (χ2v) is 5.45. The number of anilines is 2. The molecule has 0 fully saturated rings. The number of nitrogens with two attached hydrogens (primary N) is 1. The van der Waals surface area contributed by atoms with E-state index in [0.29, 0.717) is 0 Å². The number of amides is 3. The summed E-state index contributed by atoms with van der Waals surface area (Å²) in [6, 6.07) is 8.77. The van der Waals surface area contributed by atoms with Crippen LogP contribution >= 0.6 is 0 Å². The quantitative estimate of drug-likeness (QED) is 0.541. The van der Waals surface area contributed by atoms with Gasteiger partial charge in [0.1, 0.15) is 0 Å². The lowest BCUT2D eigenvalue weighted by atomic mass is 10.0. The number of aromatic nitrogens is 4. The third-order valence-electron chi connectivity index (χ3n) is 3.60. The summed E-state index contributed by atoms with van der Waals surface area (Å²) in [6.07, 6.45) is -4.93. The van der Waals surface area contributed by atoms with Crippen LogP contribution in [0.15, 0.2) is 42.5 Å². The highest BCUT2D eigenvalue weighted by Gasteiger charge is 2.39. The lowest BCUT2D eigenvalue weighted by Gasteiger charge is -2.19. The minimum absolute atomic E-state index is 0.163. The SMILES string of the molecule is NC(=O)Nc1ccc(NC(=O)c2ccccc2)c(C(F)(F)F)c1-c1nn[nH]n1. The summed E-state index contributed by atoms with van der Waals surface area (Å²) < 4.78 is 41.7. The van der Waals surface area contributed by atoms with Gasteiger partial charge in [0, 0.05) is 5.56 Å². The fourth-order valence-electron chi connectivity index (χ4n) is 2.52. The molecule has 5 N–H and O–H groups in total. The Hall–Kier alpha value is -3.96. The molecule has 9 nitrogen and oxygen atoms in total. The Kier molecular flexibility index (Phi) is 4.94. The van der Waals surface area contributed by atoms with E-state index in [1.54, 1.807) is 18.2 Å². The molecule has 1 heterocycles. The standard InChI is InChI=1S/C16H12F3N7O2/c17-16(18,19)12-10(21-14(27)8-4-2-1-3-5-8)7-6-9(22-15(20)28)11(12)13-23-25-26-24-13/h1-7H,(H,21,27)(H3,20,22,28)(H,23,24,25,26). The van der Waals surface area contributed by atoms with Gasteiger partial charge in [0.2, 0.25) is 5.82 Å². The molecule has 0 unspecified atom stereocenters. The van der Waals surface area contributed by atoms with Crippen molar-refractivity contribution in [1.29, 1.82) is 0 Å². The van der Waals surface area contributed by atoms with E-state index in [1.165, 1.54) is 12.1 Å². The number of H-pyrrole nitrogens is 1. The van der Waals surface area contributed by atoms with Crippen LogP contribution in [0.1, 0.15) is 15.9 Å². The molecular formula is C16H12F3N7O2. The Morgan fingerprint density at radius 3 is 2.25 bits per heavy atom. The van der Waals surface area contributed by atoms with E-state index < -0.39 is 40.8 Å². The smallest absolute Gasteiger partial charge is 0.351 e. The Labute approximate surface area is 155 Å². The number of tetrazole rings is 1. The molecule has 144 valence electrons. The Bertz CT molecular complexity index is 1010. The molecular weight excluding hydrogens is 379 g/mol. The average Bonchev–Trinajstić information content (AvgIpc) is 3.16.